The standard InChI is InChI=1S/C18H22O2S/c1-11-6-13(3)16-15(8-11)10-18(5)9-12(2)7-14(4)17(18)21(16,19)20/h6-9,17H,10H2,1-5H3/t17-,18-/m0/s1/i17D. The van der Waals surface area contributed by atoms with Crippen LogP contribution in [0.3, 0.4) is 0 Å². The van der Waals surface area contributed by atoms with Crippen LogP contribution in [0.2, 0.25) is 0 Å². The fourth-order valence-electron chi connectivity index (χ4n) is 4.17. The van der Waals surface area contributed by atoms with Crippen molar-refractivity contribution in [2.75, 3.05) is 0 Å². The maximum atomic E-state index is 13.4. The molecule has 1 aliphatic carbocycles. The van der Waals surface area contributed by atoms with Crippen molar-refractivity contribution in [2.45, 2.75) is 51.2 Å². The molecule has 0 saturated heterocycles. The molecule has 0 aromatic heterocycles. The van der Waals surface area contributed by atoms with Crippen LogP contribution < -0.4 is 0 Å². The van der Waals surface area contributed by atoms with Crippen molar-refractivity contribution in [1.82, 2.24) is 0 Å². The quantitative estimate of drug-likeness (QED) is 0.728. The number of hydrogen-bond donors (Lipinski definition) is 0. The van der Waals surface area contributed by atoms with Crippen LogP contribution in [-0.2, 0) is 16.3 Å². The summed E-state index contributed by atoms with van der Waals surface area (Å²) in [6, 6.07) is 3.85. The van der Waals surface area contributed by atoms with E-state index in [2.05, 4.69) is 0 Å². The van der Waals surface area contributed by atoms with Gasteiger partial charge in [-0.1, -0.05) is 47.9 Å². The van der Waals surface area contributed by atoms with E-state index < -0.39 is 20.5 Å². The Morgan fingerprint density at radius 2 is 1.90 bits per heavy atom. The number of benzene rings is 1. The third kappa shape index (κ3) is 2.02. The summed E-state index contributed by atoms with van der Waals surface area (Å²) in [7, 11) is -3.77. The summed E-state index contributed by atoms with van der Waals surface area (Å²) >= 11 is 0. The molecular weight excluding hydrogens is 280 g/mol. The predicted molar refractivity (Wildman–Crippen MR) is 86.2 cm³/mol. The van der Waals surface area contributed by atoms with Gasteiger partial charge in [-0.25, -0.2) is 8.42 Å². The van der Waals surface area contributed by atoms with Gasteiger partial charge in [0, 0.05) is 5.41 Å². The first-order valence-corrected chi connectivity index (χ1v) is 8.74. The number of hydrogen-bond acceptors (Lipinski definition) is 2. The monoisotopic (exact) mass is 303 g/mol. The second-order valence-corrected chi connectivity index (χ2v) is 8.54. The smallest absolute Gasteiger partial charge is 0.186 e. The number of sulfone groups is 1. The molecule has 0 spiro atoms. The van der Waals surface area contributed by atoms with E-state index in [-0.39, 0.29) is 0 Å². The Bertz CT molecular complexity index is 848. The van der Waals surface area contributed by atoms with Gasteiger partial charge in [0.2, 0.25) is 0 Å². The van der Waals surface area contributed by atoms with Gasteiger partial charge in [-0.2, -0.15) is 0 Å². The largest absolute Gasteiger partial charge is 0.223 e. The molecule has 2 nitrogen and oxygen atoms in total. The first-order chi connectivity index (χ1) is 10.0. The van der Waals surface area contributed by atoms with Crippen molar-refractivity contribution in [1.29, 1.82) is 0 Å². The SMILES string of the molecule is [2H][C@]12C(C)=CC(C)=C[C@@]1(C)Cc1cc(C)cc(C)c1S2(=O)=O. The summed E-state index contributed by atoms with van der Waals surface area (Å²) in [5.74, 6) is 0. The lowest BCUT2D eigenvalue weighted by Crippen LogP contribution is -2.45. The van der Waals surface area contributed by atoms with Crippen LogP contribution in [0.25, 0.3) is 0 Å². The van der Waals surface area contributed by atoms with E-state index in [0.29, 0.717) is 16.9 Å². The maximum Gasteiger partial charge on any atom is 0.186 e. The highest BCUT2D eigenvalue weighted by molar-refractivity contribution is 7.92. The third-order valence-electron chi connectivity index (χ3n) is 4.46. The van der Waals surface area contributed by atoms with Crippen LogP contribution in [0.4, 0.5) is 0 Å². The highest BCUT2D eigenvalue weighted by atomic mass is 32.2. The van der Waals surface area contributed by atoms with E-state index in [9.17, 15) is 8.42 Å². The second-order valence-electron chi connectivity index (χ2n) is 6.71. The molecule has 0 bridgehead atoms. The molecule has 3 heteroatoms. The Labute approximate surface area is 128 Å². The first kappa shape index (κ1) is 13.3. The van der Waals surface area contributed by atoms with Gasteiger partial charge in [-0.05, 0) is 45.2 Å². The molecular formula is C18H22O2S. The second kappa shape index (κ2) is 4.33. The Morgan fingerprint density at radius 1 is 1.24 bits per heavy atom. The normalized spacial score (nSPS) is 34.2. The molecule has 0 radical (unpaired) electrons. The first-order valence-electron chi connectivity index (χ1n) is 7.76. The van der Waals surface area contributed by atoms with Crippen molar-refractivity contribution in [3.8, 4) is 0 Å². The van der Waals surface area contributed by atoms with Gasteiger partial charge >= 0.3 is 0 Å². The zero-order valence-electron chi connectivity index (χ0n) is 14.2. The average Bonchev–Trinajstić information content (AvgIpc) is 2.32. The summed E-state index contributed by atoms with van der Waals surface area (Å²) in [4.78, 5) is 0.367. The van der Waals surface area contributed by atoms with E-state index in [1.165, 1.54) is 0 Å². The van der Waals surface area contributed by atoms with Crippen molar-refractivity contribution in [2.24, 2.45) is 5.41 Å². The molecule has 2 aliphatic rings. The average molecular weight is 303 g/mol. The predicted octanol–water partition coefficient (Wildman–Crippen LogP) is 3.91. The van der Waals surface area contributed by atoms with Gasteiger partial charge < -0.3 is 0 Å². The molecule has 1 aliphatic heterocycles. The third-order valence-corrected chi connectivity index (χ3v) is 6.91. The number of allylic oxidation sites excluding steroid dienone is 3. The Morgan fingerprint density at radius 3 is 2.57 bits per heavy atom. The van der Waals surface area contributed by atoms with Crippen molar-refractivity contribution >= 4 is 9.84 Å². The molecule has 1 heterocycles. The molecule has 1 aromatic carbocycles. The summed E-state index contributed by atoms with van der Waals surface area (Å²) in [6.07, 6.45) is 4.38. The lowest BCUT2D eigenvalue weighted by molar-refractivity contribution is 0.391. The van der Waals surface area contributed by atoms with Gasteiger partial charge in [0.25, 0.3) is 0 Å². The molecule has 0 fully saturated rings. The lowest BCUT2D eigenvalue weighted by atomic mass is 9.73. The maximum absolute atomic E-state index is 13.4. The zero-order valence-corrected chi connectivity index (χ0v) is 14.1. The Balaban J connectivity index is 2.43. The van der Waals surface area contributed by atoms with Gasteiger partial charge in [-0.3, -0.25) is 0 Å². The molecule has 2 atom stereocenters. The fourth-order valence-corrected chi connectivity index (χ4v) is 6.56. The van der Waals surface area contributed by atoms with Gasteiger partial charge in [-0.15, -0.1) is 0 Å². The van der Waals surface area contributed by atoms with Crippen molar-refractivity contribution in [3.63, 3.8) is 0 Å². The van der Waals surface area contributed by atoms with E-state index in [1.54, 1.807) is 6.92 Å². The molecule has 3 rings (SSSR count). The van der Waals surface area contributed by atoms with E-state index in [1.807, 2.05) is 52.0 Å². The minimum atomic E-state index is -3.77. The van der Waals surface area contributed by atoms with Gasteiger partial charge in [0.05, 0.1) is 11.5 Å². The number of rotatable bonds is 0. The summed E-state index contributed by atoms with van der Waals surface area (Å²) in [6.45, 7) is 9.46. The fraction of sp³-hybridized carbons (Fsp3) is 0.444. The topological polar surface area (TPSA) is 34.1 Å². The summed E-state index contributed by atoms with van der Waals surface area (Å²) in [5, 5.41) is -1.62. The summed E-state index contributed by atoms with van der Waals surface area (Å²) < 4.78 is 35.7. The number of fused-ring (bicyclic) bond motifs is 2. The Kier molecular flexibility index (Phi) is 2.74. The molecule has 21 heavy (non-hydrogen) atoms. The van der Waals surface area contributed by atoms with Crippen LogP contribution in [-0.4, -0.2) is 13.6 Å². The van der Waals surface area contributed by atoms with E-state index in [0.717, 1.165) is 22.3 Å². The minimum absolute atomic E-state index is 0.367. The highest BCUT2D eigenvalue weighted by Gasteiger charge is 2.49. The van der Waals surface area contributed by atoms with Gasteiger partial charge in [0.1, 0.15) is 0 Å². The minimum Gasteiger partial charge on any atom is -0.223 e. The van der Waals surface area contributed by atoms with Crippen LogP contribution in [0.1, 0.15) is 38.8 Å². The zero-order chi connectivity index (χ0) is 16.5. The molecule has 0 N–H and O–H groups in total. The lowest BCUT2D eigenvalue weighted by Gasteiger charge is -2.43. The van der Waals surface area contributed by atoms with Crippen LogP contribution in [0, 0.1) is 19.3 Å². The molecule has 1 aromatic rings. The molecule has 0 saturated carbocycles. The van der Waals surface area contributed by atoms with Crippen molar-refractivity contribution < 1.29 is 9.79 Å². The van der Waals surface area contributed by atoms with Crippen molar-refractivity contribution in [3.05, 3.63) is 52.1 Å². The van der Waals surface area contributed by atoms with Gasteiger partial charge in [0.15, 0.2) is 9.84 Å². The molecule has 0 amide bonds. The van der Waals surface area contributed by atoms with Crippen LogP contribution in [0.5, 0.6) is 0 Å². The molecule has 0 unspecified atom stereocenters. The number of aryl methyl sites for hydroxylation is 2. The highest BCUT2D eigenvalue weighted by Crippen LogP contribution is 2.49. The molecule has 112 valence electrons. The van der Waals surface area contributed by atoms with E-state index in [4.69, 9.17) is 1.37 Å². The van der Waals surface area contributed by atoms with Crippen LogP contribution in [0.15, 0.2) is 40.3 Å². The Hall–Kier alpha value is -1.35. The summed E-state index contributed by atoms with van der Waals surface area (Å²) in [5.41, 5.74) is 3.58. The van der Waals surface area contributed by atoms with Crippen LogP contribution >= 0.6 is 0 Å². The van der Waals surface area contributed by atoms with E-state index >= 15 is 0 Å².